The maximum atomic E-state index is 13.2. The van der Waals surface area contributed by atoms with Crippen molar-refractivity contribution >= 4 is 23.2 Å². The van der Waals surface area contributed by atoms with Gasteiger partial charge in [-0.25, -0.2) is 0 Å². The van der Waals surface area contributed by atoms with Gasteiger partial charge in [0.2, 0.25) is 5.91 Å². The maximum Gasteiger partial charge on any atom is 0.231 e. The van der Waals surface area contributed by atoms with Gasteiger partial charge in [-0.1, -0.05) is 35.9 Å². The van der Waals surface area contributed by atoms with Crippen LogP contribution in [0.4, 0.5) is 5.69 Å². The molecule has 0 saturated carbocycles. The van der Waals surface area contributed by atoms with Gasteiger partial charge >= 0.3 is 0 Å². The molecular weight excluding hydrogens is 344 g/mol. The highest BCUT2D eigenvalue weighted by Gasteiger charge is 2.29. The number of anilines is 1. The second-order valence-electron chi connectivity index (χ2n) is 7.19. The molecule has 1 fully saturated rings. The molecule has 4 heteroatoms. The van der Waals surface area contributed by atoms with Crippen molar-refractivity contribution < 1.29 is 4.79 Å². The van der Waals surface area contributed by atoms with Crippen molar-refractivity contribution in [1.29, 1.82) is 0 Å². The molecule has 0 unspecified atom stereocenters. The Labute approximate surface area is 161 Å². The Morgan fingerprint density at radius 2 is 1.77 bits per heavy atom. The molecule has 26 heavy (non-hydrogen) atoms. The normalized spacial score (nSPS) is 16.0. The van der Waals surface area contributed by atoms with Crippen LogP contribution >= 0.6 is 11.6 Å². The van der Waals surface area contributed by atoms with Crippen LogP contribution in [0, 0.1) is 6.07 Å². The van der Waals surface area contributed by atoms with Gasteiger partial charge in [-0.2, -0.15) is 0 Å². The first-order valence-electron chi connectivity index (χ1n) is 9.31. The molecule has 1 saturated heterocycles. The lowest BCUT2D eigenvalue weighted by molar-refractivity contribution is -0.118. The summed E-state index contributed by atoms with van der Waals surface area (Å²) in [7, 11) is 0. The minimum atomic E-state index is 0.140. The fourth-order valence-electron chi connectivity index (χ4n) is 3.62. The number of hydrogen-bond donors (Lipinski definition) is 0. The van der Waals surface area contributed by atoms with Gasteiger partial charge in [-0.3, -0.25) is 4.79 Å². The van der Waals surface area contributed by atoms with Crippen molar-refractivity contribution in [3.05, 3.63) is 65.2 Å². The average Bonchev–Trinajstić information content (AvgIpc) is 2.65. The van der Waals surface area contributed by atoms with Crippen molar-refractivity contribution in [2.75, 3.05) is 18.0 Å². The van der Waals surface area contributed by atoms with Crippen molar-refractivity contribution in [2.24, 2.45) is 0 Å². The van der Waals surface area contributed by atoms with Crippen LogP contribution in [0.2, 0.25) is 5.02 Å². The summed E-state index contributed by atoms with van der Waals surface area (Å²) in [5, 5.41) is 0.689. The summed E-state index contributed by atoms with van der Waals surface area (Å²) in [5.41, 5.74) is 1.96. The van der Waals surface area contributed by atoms with E-state index >= 15 is 0 Å². The molecule has 0 aromatic heterocycles. The molecule has 2 aromatic rings. The molecule has 1 aliphatic rings. The zero-order valence-electron chi connectivity index (χ0n) is 15.5. The lowest BCUT2D eigenvalue weighted by Crippen LogP contribution is -2.49. The Bertz CT molecular complexity index is 707. The predicted octanol–water partition coefficient (Wildman–Crippen LogP) is 4.59. The number of halogens is 1. The highest BCUT2D eigenvalue weighted by Crippen LogP contribution is 2.27. The van der Waals surface area contributed by atoms with Crippen LogP contribution < -0.4 is 4.90 Å². The molecule has 0 bridgehead atoms. The van der Waals surface area contributed by atoms with Crippen molar-refractivity contribution in [3.8, 4) is 0 Å². The first kappa shape index (κ1) is 18.9. The van der Waals surface area contributed by atoms with Gasteiger partial charge in [-0.15, -0.1) is 0 Å². The van der Waals surface area contributed by atoms with Crippen LogP contribution in [-0.2, 0) is 11.2 Å². The Kier molecular flexibility index (Phi) is 6.33. The number of amides is 1. The van der Waals surface area contributed by atoms with Gasteiger partial charge in [0.05, 0.1) is 6.42 Å². The summed E-state index contributed by atoms with van der Waals surface area (Å²) in [6, 6.07) is 19.0. The third-order valence-electron chi connectivity index (χ3n) is 5.11. The number of piperidine rings is 1. The summed E-state index contributed by atoms with van der Waals surface area (Å²) in [6.07, 6.45) is 2.39. The average molecular weight is 370 g/mol. The molecule has 0 atom stereocenters. The van der Waals surface area contributed by atoms with Gasteiger partial charge < -0.3 is 9.80 Å². The summed E-state index contributed by atoms with van der Waals surface area (Å²) in [4.78, 5) is 17.7. The van der Waals surface area contributed by atoms with E-state index in [1.54, 1.807) is 0 Å². The number of hydrogen-bond acceptors (Lipinski definition) is 2. The summed E-state index contributed by atoms with van der Waals surface area (Å²) >= 11 is 6.05. The van der Waals surface area contributed by atoms with Gasteiger partial charge in [0.15, 0.2) is 0 Å². The predicted molar refractivity (Wildman–Crippen MR) is 108 cm³/mol. The highest BCUT2D eigenvalue weighted by molar-refractivity contribution is 6.30. The molecule has 3 rings (SSSR count). The first-order valence-corrected chi connectivity index (χ1v) is 9.69. The maximum absolute atomic E-state index is 13.2. The zero-order chi connectivity index (χ0) is 18.5. The van der Waals surface area contributed by atoms with E-state index in [-0.39, 0.29) is 11.9 Å². The van der Waals surface area contributed by atoms with Crippen molar-refractivity contribution in [2.45, 2.75) is 45.2 Å². The Hall–Kier alpha value is -1.84. The molecule has 1 heterocycles. The van der Waals surface area contributed by atoms with Crippen LogP contribution in [0.3, 0.4) is 0 Å². The SMILES string of the molecule is CC(C)N1CCC(N(C(=O)Cc2cc[c]cc2)c2ccc(Cl)cc2)CC1. The number of carbonyl (C=O) groups is 1. The summed E-state index contributed by atoms with van der Waals surface area (Å²) < 4.78 is 0. The summed E-state index contributed by atoms with van der Waals surface area (Å²) in [6.45, 7) is 6.52. The Morgan fingerprint density at radius 3 is 2.35 bits per heavy atom. The molecule has 1 amide bonds. The van der Waals surface area contributed by atoms with E-state index in [0.29, 0.717) is 17.5 Å². The second kappa shape index (κ2) is 8.70. The van der Waals surface area contributed by atoms with Crippen molar-refractivity contribution in [1.82, 2.24) is 4.90 Å². The van der Waals surface area contributed by atoms with E-state index < -0.39 is 0 Å². The van der Waals surface area contributed by atoms with E-state index in [2.05, 4.69) is 24.8 Å². The van der Waals surface area contributed by atoms with E-state index in [9.17, 15) is 4.79 Å². The molecule has 1 radical (unpaired) electrons. The molecule has 0 aliphatic carbocycles. The lowest BCUT2D eigenvalue weighted by Gasteiger charge is -2.40. The molecular formula is C22H26ClN2O. The van der Waals surface area contributed by atoms with E-state index in [0.717, 1.165) is 37.2 Å². The Balaban J connectivity index is 1.80. The van der Waals surface area contributed by atoms with Crippen LogP contribution in [0.15, 0.2) is 48.5 Å². The van der Waals surface area contributed by atoms with E-state index in [1.165, 1.54) is 0 Å². The molecule has 137 valence electrons. The fraction of sp³-hybridized carbons (Fsp3) is 0.409. The number of rotatable bonds is 5. The summed E-state index contributed by atoms with van der Waals surface area (Å²) in [5.74, 6) is 0.140. The number of carbonyl (C=O) groups excluding carboxylic acids is 1. The van der Waals surface area contributed by atoms with E-state index in [4.69, 9.17) is 11.6 Å². The third-order valence-corrected chi connectivity index (χ3v) is 5.36. The molecule has 0 N–H and O–H groups in total. The van der Waals surface area contributed by atoms with Crippen molar-refractivity contribution in [3.63, 3.8) is 0 Å². The fourth-order valence-corrected chi connectivity index (χ4v) is 3.75. The third kappa shape index (κ3) is 4.66. The monoisotopic (exact) mass is 369 g/mol. The van der Waals surface area contributed by atoms with Crippen LogP contribution in [-0.4, -0.2) is 36.0 Å². The standard InChI is InChI=1S/C22H26ClN2O/c1-17(2)24-14-12-21(13-15-24)25(20-10-8-19(23)9-11-20)22(26)16-18-6-4-3-5-7-18/h4-11,17,21H,12-16H2,1-2H3. The second-order valence-corrected chi connectivity index (χ2v) is 7.62. The number of nitrogens with zero attached hydrogens (tertiary/aromatic N) is 2. The number of likely N-dealkylation sites (tertiary alicyclic amines) is 1. The minimum absolute atomic E-state index is 0.140. The first-order chi connectivity index (χ1) is 12.5. The Morgan fingerprint density at radius 1 is 1.15 bits per heavy atom. The van der Waals surface area contributed by atoms with Gasteiger partial charge in [0.1, 0.15) is 0 Å². The molecule has 3 nitrogen and oxygen atoms in total. The zero-order valence-corrected chi connectivity index (χ0v) is 16.2. The van der Waals surface area contributed by atoms with Gasteiger partial charge in [-0.05, 0) is 62.6 Å². The molecule has 1 aliphatic heterocycles. The topological polar surface area (TPSA) is 23.6 Å². The number of benzene rings is 2. The quantitative estimate of drug-likeness (QED) is 0.769. The van der Waals surface area contributed by atoms with Crippen LogP contribution in [0.5, 0.6) is 0 Å². The van der Waals surface area contributed by atoms with Crippen LogP contribution in [0.1, 0.15) is 32.3 Å². The highest BCUT2D eigenvalue weighted by atomic mass is 35.5. The largest absolute Gasteiger partial charge is 0.309 e. The van der Waals surface area contributed by atoms with E-state index in [1.807, 2.05) is 53.4 Å². The smallest absolute Gasteiger partial charge is 0.231 e. The molecule has 2 aromatic carbocycles. The molecule has 0 spiro atoms. The lowest BCUT2D eigenvalue weighted by atomic mass is 10.00. The van der Waals surface area contributed by atoms with Gasteiger partial charge in [0.25, 0.3) is 0 Å². The van der Waals surface area contributed by atoms with Gasteiger partial charge in [0, 0.05) is 35.9 Å². The van der Waals surface area contributed by atoms with Crippen LogP contribution in [0.25, 0.3) is 0 Å². The minimum Gasteiger partial charge on any atom is -0.309 e.